The maximum Gasteiger partial charge on any atom is 0.243 e. The van der Waals surface area contributed by atoms with Gasteiger partial charge in [-0.3, -0.25) is 4.79 Å². The number of piperidine rings is 1. The van der Waals surface area contributed by atoms with Gasteiger partial charge in [-0.15, -0.1) is 0 Å². The lowest BCUT2D eigenvalue weighted by molar-refractivity contribution is -0.116. The zero-order chi connectivity index (χ0) is 20.9. The highest BCUT2D eigenvalue weighted by Gasteiger charge is 2.26. The second kappa shape index (κ2) is 9.41. The number of nitrogens with zero attached hydrogens (tertiary/aromatic N) is 1. The van der Waals surface area contributed by atoms with Crippen LogP contribution in [-0.4, -0.2) is 38.8 Å². The van der Waals surface area contributed by atoms with Gasteiger partial charge in [-0.25, -0.2) is 8.42 Å². The van der Waals surface area contributed by atoms with Crippen LogP contribution in [0.25, 0.3) is 0 Å². The lowest BCUT2D eigenvalue weighted by Crippen LogP contribution is -2.35. The number of sulfonamides is 1. The van der Waals surface area contributed by atoms with Gasteiger partial charge in [-0.05, 0) is 61.6 Å². The third-order valence-electron chi connectivity index (χ3n) is 5.24. The summed E-state index contributed by atoms with van der Waals surface area (Å²) in [6.07, 6.45) is 3.75. The molecule has 6 nitrogen and oxygen atoms in total. The van der Waals surface area contributed by atoms with Gasteiger partial charge in [0.05, 0.1) is 12.0 Å². The highest BCUT2D eigenvalue weighted by atomic mass is 32.2. The topological polar surface area (TPSA) is 75.7 Å². The van der Waals surface area contributed by atoms with E-state index in [0.29, 0.717) is 31.6 Å². The molecule has 1 heterocycles. The van der Waals surface area contributed by atoms with E-state index in [-0.39, 0.29) is 10.8 Å². The van der Waals surface area contributed by atoms with E-state index in [1.807, 2.05) is 31.2 Å². The standard InChI is InChI=1S/C22H28N2O4S/c1-17-6-12-20(29(26,27)24-14-4-3-5-15-24)16-21(17)23-22(25)13-9-18-7-10-19(28-2)11-8-18/h6-8,10-12,16H,3-5,9,13-15H2,1-2H3,(H,23,25). The molecule has 0 saturated carbocycles. The van der Waals surface area contributed by atoms with E-state index in [4.69, 9.17) is 4.74 Å². The van der Waals surface area contributed by atoms with Crippen molar-refractivity contribution in [3.8, 4) is 5.75 Å². The molecule has 0 unspecified atom stereocenters. The molecule has 156 valence electrons. The third kappa shape index (κ3) is 5.36. The number of nitrogens with one attached hydrogen (secondary N) is 1. The van der Waals surface area contributed by atoms with E-state index in [1.165, 1.54) is 4.31 Å². The molecule has 0 aromatic heterocycles. The minimum absolute atomic E-state index is 0.142. The molecule has 0 bridgehead atoms. The van der Waals surface area contributed by atoms with E-state index in [1.54, 1.807) is 25.3 Å². The van der Waals surface area contributed by atoms with Crippen LogP contribution in [0, 0.1) is 6.92 Å². The zero-order valence-corrected chi connectivity index (χ0v) is 17.8. The van der Waals surface area contributed by atoms with Crippen LogP contribution in [0.2, 0.25) is 0 Å². The summed E-state index contributed by atoms with van der Waals surface area (Å²) < 4.78 is 32.5. The minimum Gasteiger partial charge on any atom is -0.497 e. The lowest BCUT2D eigenvalue weighted by atomic mass is 10.1. The van der Waals surface area contributed by atoms with Crippen LogP contribution in [0.5, 0.6) is 5.75 Å². The van der Waals surface area contributed by atoms with Gasteiger partial charge in [-0.1, -0.05) is 24.6 Å². The maximum atomic E-state index is 12.9. The van der Waals surface area contributed by atoms with Crippen LogP contribution in [0.15, 0.2) is 47.4 Å². The van der Waals surface area contributed by atoms with Crippen LogP contribution in [-0.2, 0) is 21.2 Å². The van der Waals surface area contributed by atoms with Crippen molar-refractivity contribution in [2.75, 3.05) is 25.5 Å². The van der Waals surface area contributed by atoms with Crippen molar-refractivity contribution >= 4 is 21.6 Å². The van der Waals surface area contributed by atoms with Crippen LogP contribution in [0.3, 0.4) is 0 Å². The minimum atomic E-state index is -3.53. The first-order valence-electron chi connectivity index (χ1n) is 9.94. The monoisotopic (exact) mass is 416 g/mol. The summed E-state index contributed by atoms with van der Waals surface area (Å²) in [5, 5.41) is 2.87. The average Bonchev–Trinajstić information content (AvgIpc) is 2.74. The molecule has 0 aliphatic carbocycles. The molecule has 1 saturated heterocycles. The molecule has 3 rings (SSSR count). The SMILES string of the molecule is COc1ccc(CCC(=O)Nc2cc(S(=O)(=O)N3CCCCC3)ccc2C)cc1. The van der Waals surface area contributed by atoms with Gasteiger partial charge in [0.25, 0.3) is 0 Å². The maximum absolute atomic E-state index is 12.9. The molecule has 1 N–H and O–H groups in total. The molecule has 0 radical (unpaired) electrons. The first-order valence-corrected chi connectivity index (χ1v) is 11.4. The van der Waals surface area contributed by atoms with Crippen LogP contribution < -0.4 is 10.1 Å². The van der Waals surface area contributed by atoms with Crippen molar-refractivity contribution in [1.29, 1.82) is 0 Å². The Hall–Kier alpha value is -2.38. The number of aryl methyl sites for hydroxylation is 2. The number of ether oxygens (including phenoxy) is 1. The van der Waals surface area contributed by atoms with Gasteiger partial charge >= 0.3 is 0 Å². The Morgan fingerprint density at radius 2 is 1.76 bits per heavy atom. The predicted molar refractivity (Wildman–Crippen MR) is 114 cm³/mol. The summed E-state index contributed by atoms with van der Waals surface area (Å²) in [6, 6.07) is 12.5. The molecule has 1 fully saturated rings. The van der Waals surface area contributed by atoms with Crippen molar-refractivity contribution in [2.24, 2.45) is 0 Å². The number of carbonyl (C=O) groups excluding carboxylic acids is 1. The number of rotatable bonds is 7. The van der Waals surface area contributed by atoms with Gasteiger partial charge in [0, 0.05) is 25.2 Å². The van der Waals surface area contributed by atoms with Crippen molar-refractivity contribution < 1.29 is 17.9 Å². The molecular formula is C22H28N2O4S. The smallest absolute Gasteiger partial charge is 0.243 e. The second-order valence-corrected chi connectivity index (χ2v) is 9.28. The normalized spacial score (nSPS) is 15.1. The van der Waals surface area contributed by atoms with Crippen molar-refractivity contribution in [3.05, 3.63) is 53.6 Å². The molecule has 29 heavy (non-hydrogen) atoms. The van der Waals surface area contributed by atoms with Crippen LogP contribution in [0.4, 0.5) is 5.69 Å². The summed E-state index contributed by atoms with van der Waals surface area (Å²) in [5.74, 6) is 0.636. The number of hydrogen-bond donors (Lipinski definition) is 1. The summed E-state index contributed by atoms with van der Waals surface area (Å²) in [5.41, 5.74) is 2.42. The largest absolute Gasteiger partial charge is 0.497 e. The van der Waals surface area contributed by atoms with Crippen molar-refractivity contribution in [2.45, 2.75) is 43.9 Å². The highest BCUT2D eigenvalue weighted by molar-refractivity contribution is 7.89. The third-order valence-corrected chi connectivity index (χ3v) is 7.13. The Labute approximate surface area is 172 Å². The average molecular weight is 417 g/mol. The number of benzene rings is 2. The van der Waals surface area contributed by atoms with E-state index >= 15 is 0 Å². The van der Waals surface area contributed by atoms with E-state index in [9.17, 15) is 13.2 Å². The van der Waals surface area contributed by atoms with Gasteiger partial charge in [-0.2, -0.15) is 4.31 Å². The van der Waals surface area contributed by atoms with E-state index in [2.05, 4.69) is 5.32 Å². The molecular weight excluding hydrogens is 388 g/mol. The molecule has 2 aromatic carbocycles. The van der Waals surface area contributed by atoms with Gasteiger partial charge in [0.15, 0.2) is 0 Å². The summed E-state index contributed by atoms with van der Waals surface area (Å²) in [4.78, 5) is 12.7. The van der Waals surface area contributed by atoms with Crippen LogP contribution in [0.1, 0.15) is 36.8 Å². The van der Waals surface area contributed by atoms with E-state index < -0.39 is 10.0 Å². The second-order valence-electron chi connectivity index (χ2n) is 7.34. The molecule has 2 aromatic rings. The molecule has 0 spiro atoms. The number of amides is 1. The van der Waals surface area contributed by atoms with E-state index in [0.717, 1.165) is 36.1 Å². The Kier molecular flexibility index (Phi) is 6.92. The fourth-order valence-corrected chi connectivity index (χ4v) is 4.96. The fourth-order valence-electron chi connectivity index (χ4n) is 3.41. The molecule has 1 amide bonds. The Bertz CT molecular complexity index is 949. The summed E-state index contributed by atoms with van der Waals surface area (Å²) in [7, 11) is -1.91. The van der Waals surface area contributed by atoms with Gasteiger partial charge < -0.3 is 10.1 Å². The first-order chi connectivity index (χ1) is 13.9. The van der Waals surface area contributed by atoms with Gasteiger partial charge in [0.1, 0.15) is 5.75 Å². The molecule has 7 heteroatoms. The Morgan fingerprint density at radius 1 is 1.07 bits per heavy atom. The predicted octanol–water partition coefficient (Wildman–Crippen LogP) is 3.75. The lowest BCUT2D eigenvalue weighted by Gasteiger charge is -2.26. The molecule has 1 aliphatic heterocycles. The zero-order valence-electron chi connectivity index (χ0n) is 17.0. The Balaban J connectivity index is 1.66. The number of hydrogen-bond acceptors (Lipinski definition) is 4. The number of carbonyl (C=O) groups is 1. The number of anilines is 1. The van der Waals surface area contributed by atoms with Crippen LogP contribution >= 0.6 is 0 Å². The molecule has 1 aliphatic rings. The molecule has 0 atom stereocenters. The highest BCUT2D eigenvalue weighted by Crippen LogP contribution is 2.25. The number of methoxy groups -OCH3 is 1. The quantitative estimate of drug-likeness (QED) is 0.746. The summed E-state index contributed by atoms with van der Waals surface area (Å²) >= 11 is 0. The fraction of sp³-hybridized carbons (Fsp3) is 0.409. The summed E-state index contributed by atoms with van der Waals surface area (Å²) in [6.45, 7) is 2.97. The first kappa shape index (κ1) is 21.3. The van der Waals surface area contributed by atoms with Gasteiger partial charge in [0.2, 0.25) is 15.9 Å². The van der Waals surface area contributed by atoms with Crippen molar-refractivity contribution in [3.63, 3.8) is 0 Å². The van der Waals surface area contributed by atoms with Crippen molar-refractivity contribution in [1.82, 2.24) is 4.31 Å². The Morgan fingerprint density at radius 3 is 2.41 bits per heavy atom.